The molecule has 0 fully saturated rings. The molecule has 1 aliphatic heterocycles. The maximum Gasteiger partial charge on any atom is 0.249 e. The van der Waals surface area contributed by atoms with Gasteiger partial charge in [-0.1, -0.05) is 43.7 Å². The third-order valence-corrected chi connectivity index (χ3v) is 4.67. The van der Waals surface area contributed by atoms with Crippen LogP contribution in [0, 0.1) is 12.3 Å². The summed E-state index contributed by atoms with van der Waals surface area (Å²) in [7, 11) is 0. The van der Waals surface area contributed by atoms with E-state index in [0.717, 1.165) is 24.1 Å². The molecule has 2 rings (SSSR count). The molecule has 0 saturated heterocycles. The van der Waals surface area contributed by atoms with Gasteiger partial charge in [0, 0.05) is 30.4 Å². The largest absolute Gasteiger partial charge is 0.372 e. The topological polar surface area (TPSA) is 32.3 Å². The molecule has 1 amide bonds. The molecule has 3 heteroatoms. The highest BCUT2D eigenvalue weighted by Gasteiger charge is 2.35. The van der Waals surface area contributed by atoms with Gasteiger partial charge in [0.1, 0.15) is 0 Å². The van der Waals surface area contributed by atoms with Gasteiger partial charge >= 0.3 is 0 Å². The minimum Gasteiger partial charge on any atom is -0.372 e. The van der Waals surface area contributed by atoms with Crippen LogP contribution in [-0.4, -0.2) is 22.9 Å². The monoisotopic (exact) mass is 314 g/mol. The van der Waals surface area contributed by atoms with Crippen LogP contribution in [0.25, 0.3) is 0 Å². The Hall–Kier alpha value is -1.77. The van der Waals surface area contributed by atoms with Crippen LogP contribution in [0.1, 0.15) is 52.2 Å². The van der Waals surface area contributed by atoms with Crippen molar-refractivity contribution < 1.29 is 4.79 Å². The molecule has 0 unspecified atom stereocenters. The predicted octanol–water partition coefficient (Wildman–Crippen LogP) is 4.03. The number of aryl methyl sites for hydroxylation is 1. The average Bonchev–Trinajstić information content (AvgIpc) is 2.44. The minimum atomic E-state index is -0.0842. The molecule has 23 heavy (non-hydrogen) atoms. The highest BCUT2D eigenvalue weighted by molar-refractivity contribution is 5.94. The fourth-order valence-corrected chi connectivity index (χ4v) is 2.81. The lowest BCUT2D eigenvalue weighted by molar-refractivity contribution is -0.119. The van der Waals surface area contributed by atoms with E-state index in [1.54, 1.807) is 0 Å². The lowest BCUT2D eigenvalue weighted by Crippen LogP contribution is -2.45. The summed E-state index contributed by atoms with van der Waals surface area (Å²) in [6.07, 6.45) is 3.06. The van der Waals surface area contributed by atoms with Crippen LogP contribution < -0.4 is 5.32 Å². The molecule has 0 saturated carbocycles. The second-order valence-corrected chi connectivity index (χ2v) is 8.21. The van der Waals surface area contributed by atoms with Crippen LogP contribution in [0.15, 0.2) is 36.0 Å². The molecule has 0 aromatic heterocycles. The smallest absolute Gasteiger partial charge is 0.249 e. The number of hydrogen-bond acceptors (Lipinski definition) is 2. The number of hydrogen-bond donors (Lipinski definition) is 1. The van der Waals surface area contributed by atoms with E-state index in [0.29, 0.717) is 6.54 Å². The van der Waals surface area contributed by atoms with Crippen molar-refractivity contribution in [2.75, 3.05) is 6.54 Å². The summed E-state index contributed by atoms with van der Waals surface area (Å²) < 4.78 is 0. The SMILES string of the molecule is Cc1ccc(CNC(=O)C2=CN(C(C)(C)C)CCC2(C)C)cc1. The first-order valence-electron chi connectivity index (χ1n) is 8.42. The number of rotatable bonds is 3. The Bertz CT molecular complexity index is 591. The van der Waals surface area contributed by atoms with Gasteiger partial charge in [0.2, 0.25) is 5.91 Å². The van der Waals surface area contributed by atoms with Crippen molar-refractivity contribution >= 4 is 5.91 Å². The number of nitrogens with one attached hydrogen (secondary N) is 1. The van der Waals surface area contributed by atoms with Gasteiger partial charge in [-0.3, -0.25) is 4.79 Å². The van der Waals surface area contributed by atoms with Crippen LogP contribution in [0.3, 0.4) is 0 Å². The fourth-order valence-electron chi connectivity index (χ4n) is 2.81. The van der Waals surface area contributed by atoms with E-state index in [9.17, 15) is 4.79 Å². The van der Waals surface area contributed by atoms with Crippen molar-refractivity contribution in [3.63, 3.8) is 0 Å². The molecule has 0 spiro atoms. The summed E-state index contributed by atoms with van der Waals surface area (Å²) in [4.78, 5) is 15.0. The summed E-state index contributed by atoms with van der Waals surface area (Å²) in [5.74, 6) is 0.0459. The number of amides is 1. The summed E-state index contributed by atoms with van der Waals surface area (Å²) in [5, 5.41) is 3.08. The van der Waals surface area contributed by atoms with Gasteiger partial charge in [-0.25, -0.2) is 0 Å². The zero-order valence-electron chi connectivity index (χ0n) is 15.4. The first-order valence-corrected chi connectivity index (χ1v) is 8.42. The Labute approximate surface area is 140 Å². The first kappa shape index (κ1) is 17.6. The van der Waals surface area contributed by atoms with E-state index >= 15 is 0 Å². The maximum absolute atomic E-state index is 12.7. The molecule has 1 N–H and O–H groups in total. The molecule has 1 aromatic carbocycles. The lowest BCUT2D eigenvalue weighted by Gasteiger charge is -2.43. The highest BCUT2D eigenvalue weighted by Crippen LogP contribution is 2.36. The molecule has 3 nitrogen and oxygen atoms in total. The van der Waals surface area contributed by atoms with Gasteiger partial charge in [0.05, 0.1) is 0 Å². The third-order valence-electron chi connectivity index (χ3n) is 4.67. The van der Waals surface area contributed by atoms with Crippen LogP contribution in [0.4, 0.5) is 0 Å². The summed E-state index contributed by atoms with van der Waals surface area (Å²) >= 11 is 0. The molecular weight excluding hydrogens is 284 g/mol. The highest BCUT2D eigenvalue weighted by atomic mass is 16.1. The fraction of sp³-hybridized carbons (Fsp3) is 0.550. The molecule has 126 valence electrons. The van der Waals surface area contributed by atoms with E-state index in [-0.39, 0.29) is 16.9 Å². The molecular formula is C20H30N2O. The zero-order chi connectivity index (χ0) is 17.3. The van der Waals surface area contributed by atoms with Crippen molar-refractivity contribution in [2.24, 2.45) is 5.41 Å². The first-order chi connectivity index (χ1) is 10.6. The van der Waals surface area contributed by atoms with E-state index in [1.807, 2.05) is 0 Å². The Morgan fingerprint density at radius 1 is 1.22 bits per heavy atom. The second kappa shape index (κ2) is 6.38. The summed E-state index contributed by atoms with van der Waals surface area (Å²) in [6, 6.07) is 8.29. The van der Waals surface area contributed by atoms with Gasteiger partial charge in [-0.05, 0) is 45.1 Å². The Morgan fingerprint density at radius 2 is 1.83 bits per heavy atom. The second-order valence-electron chi connectivity index (χ2n) is 8.21. The molecule has 1 aliphatic rings. The Morgan fingerprint density at radius 3 is 2.39 bits per heavy atom. The van der Waals surface area contributed by atoms with Crippen LogP contribution >= 0.6 is 0 Å². The minimum absolute atomic E-state index is 0.0407. The van der Waals surface area contributed by atoms with Gasteiger partial charge in [-0.15, -0.1) is 0 Å². The van der Waals surface area contributed by atoms with E-state index in [2.05, 4.69) is 82.2 Å². The van der Waals surface area contributed by atoms with E-state index in [4.69, 9.17) is 0 Å². The van der Waals surface area contributed by atoms with Gasteiger partial charge in [0.15, 0.2) is 0 Å². The maximum atomic E-state index is 12.7. The number of carbonyl (C=O) groups excluding carboxylic acids is 1. The van der Waals surface area contributed by atoms with Crippen molar-refractivity contribution in [2.45, 2.75) is 60.0 Å². The normalized spacial score (nSPS) is 17.7. The quantitative estimate of drug-likeness (QED) is 0.913. The van der Waals surface area contributed by atoms with Gasteiger partial charge in [-0.2, -0.15) is 0 Å². The van der Waals surface area contributed by atoms with E-state index < -0.39 is 0 Å². The van der Waals surface area contributed by atoms with Crippen molar-refractivity contribution in [3.8, 4) is 0 Å². The number of benzene rings is 1. The van der Waals surface area contributed by atoms with E-state index in [1.165, 1.54) is 5.56 Å². The van der Waals surface area contributed by atoms with Crippen LogP contribution in [-0.2, 0) is 11.3 Å². The predicted molar refractivity (Wildman–Crippen MR) is 96.0 cm³/mol. The van der Waals surface area contributed by atoms with Crippen LogP contribution in [0.5, 0.6) is 0 Å². The number of carbonyl (C=O) groups is 1. The molecule has 1 aromatic rings. The number of nitrogens with zero attached hydrogens (tertiary/aromatic N) is 1. The Balaban J connectivity index is 2.11. The van der Waals surface area contributed by atoms with Crippen molar-refractivity contribution in [3.05, 3.63) is 47.2 Å². The molecule has 0 bridgehead atoms. The molecule has 0 aliphatic carbocycles. The molecule has 0 radical (unpaired) electrons. The zero-order valence-corrected chi connectivity index (χ0v) is 15.4. The van der Waals surface area contributed by atoms with Gasteiger partial charge in [0.25, 0.3) is 0 Å². The summed E-state index contributed by atoms with van der Waals surface area (Å²) in [5.41, 5.74) is 3.20. The standard InChI is InChI=1S/C20H30N2O/c1-15-7-9-16(10-8-15)13-21-18(23)17-14-22(19(2,3)4)12-11-20(17,5)6/h7-10,14H,11-13H2,1-6H3,(H,21,23). The van der Waals surface area contributed by atoms with Crippen molar-refractivity contribution in [1.29, 1.82) is 0 Å². The van der Waals surface area contributed by atoms with Crippen molar-refractivity contribution in [1.82, 2.24) is 10.2 Å². The molecule has 1 heterocycles. The van der Waals surface area contributed by atoms with Crippen LogP contribution in [0.2, 0.25) is 0 Å². The lowest BCUT2D eigenvalue weighted by atomic mass is 9.78. The molecule has 0 atom stereocenters. The third kappa shape index (κ3) is 4.37. The average molecular weight is 314 g/mol. The summed E-state index contributed by atoms with van der Waals surface area (Å²) in [6.45, 7) is 14.5. The van der Waals surface area contributed by atoms with Gasteiger partial charge < -0.3 is 10.2 Å². The Kier molecular flexibility index (Phi) is 4.88.